The van der Waals surface area contributed by atoms with Gasteiger partial charge >= 0.3 is 0 Å². The highest BCUT2D eigenvalue weighted by atomic mass is 35.5. The number of nitrogens with zero attached hydrogens (tertiary/aromatic N) is 1. The van der Waals surface area contributed by atoms with Crippen LogP contribution in [-0.4, -0.2) is 15.0 Å². The van der Waals surface area contributed by atoms with Crippen LogP contribution in [0.25, 0.3) is 22.0 Å². The number of aromatic nitrogens is 3. The van der Waals surface area contributed by atoms with Gasteiger partial charge in [-0.1, -0.05) is 61.3 Å². The molecule has 2 heterocycles. The van der Waals surface area contributed by atoms with Crippen LogP contribution in [0.4, 0.5) is 0 Å². The highest BCUT2D eigenvalue weighted by Crippen LogP contribution is 2.37. The first kappa shape index (κ1) is 19.5. The van der Waals surface area contributed by atoms with Crippen LogP contribution >= 0.6 is 23.4 Å². The highest BCUT2D eigenvalue weighted by Gasteiger charge is 2.17. The maximum atomic E-state index is 13.0. The first-order chi connectivity index (χ1) is 14.0. The van der Waals surface area contributed by atoms with Gasteiger partial charge in [0.15, 0.2) is 5.16 Å². The molecule has 2 aromatic carbocycles. The zero-order valence-corrected chi connectivity index (χ0v) is 17.2. The smallest absolute Gasteiger partial charge is 0.263 e. The van der Waals surface area contributed by atoms with E-state index in [4.69, 9.17) is 11.6 Å². The number of nitrogens with one attached hydrogen (secondary N) is 2. The second-order valence-corrected chi connectivity index (χ2v) is 8.04. The predicted molar refractivity (Wildman–Crippen MR) is 118 cm³/mol. The Hall–Kier alpha value is -2.83. The summed E-state index contributed by atoms with van der Waals surface area (Å²) in [6.45, 7) is 2.03. The largest absolute Gasteiger partial charge is 0.321 e. The number of hydrogen-bond acceptors (Lipinski definition) is 4. The minimum atomic E-state index is -0.257. The quantitative estimate of drug-likeness (QED) is 0.441. The second-order valence-electron chi connectivity index (χ2n) is 6.61. The molecule has 2 aromatic heterocycles. The monoisotopic (exact) mass is 423 g/mol. The summed E-state index contributed by atoms with van der Waals surface area (Å²) in [4.78, 5) is 35.7. The summed E-state index contributed by atoms with van der Waals surface area (Å²) in [7, 11) is 0. The number of aryl methyl sites for hydroxylation is 1. The number of pyridine rings is 1. The van der Waals surface area contributed by atoms with Crippen LogP contribution in [0.2, 0.25) is 5.02 Å². The van der Waals surface area contributed by atoms with Crippen molar-refractivity contribution in [3.63, 3.8) is 0 Å². The number of benzene rings is 2. The normalized spacial score (nSPS) is 11.1. The average Bonchev–Trinajstić information content (AvgIpc) is 2.69. The molecule has 0 amide bonds. The van der Waals surface area contributed by atoms with Crippen molar-refractivity contribution in [2.45, 2.75) is 29.8 Å². The van der Waals surface area contributed by atoms with E-state index in [1.165, 1.54) is 17.8 Å². The molecular formula is C22H18ClN3O2S. The maximum Gasteiger partial charge on any atom is 0.263 e. The molecule has 0 unspecified atom stereocenters. The lowest BCUT2D eigenvalue weighted by Crippen LogP contribution is -2.13. The third-order valence-corrected chi connectivity index (χ3v) is 5.69. The van der Waals surface area contributed by atoms with Crippen LogP contribution in [0.15, 0.2) is 74.2 Å². The number of fused-ring (bicyclic) bond motifs is 1. The number of halogens is 1. The summed E-state index contributed by atoms with van der Waals surface area (Å²) in [5.74, 6) is 0. The fourth-order valence-electron chi connectivity index (χ4n) is 3.25. The third-order valence-electron chi connectivity index (χ3n) is 4.47. The molecule has 0 bridgehead atoms. The molecular weight excluding hydrogens is 406 g/mol. The molecule has 0 spiro atoms. The molecule has 0 saturated carbocycles. The lowest BCUT2D eigenvalue weighted by Gasteiger charge is -2.13. The van der Waals surface area contributed by atoms with Crippen molar-refractivity contribution in [1.82, 2.24) is 15.0 Å². The molecule has 0 aliphatic heterocycles. The first-order valence-electron chi connectivity index (χ1n) is 9.24. The standard InChI is InChI=1S/C22H18ClN3O2S/c1-2-6-15-12-18(27)26-22(24-15)29-20-19(13-7-4-3-5-8-13)16-10-9-14(23)11-17(16)25-21(20)28/h3-5,7-12H,2,6H2,1H3,(H,25,28)(H,24,26,27). The van der Waals surface area contributed by atoms with E-state index in [1.54, 1.807) is 12.1 Å². The number of aromatic amines is 2. The van der Waals surface area contributed by atoms with Crippen LogP contribution in [0.5, 0.6) is 0 Å². The summed E-state index contributed by atoms with van der Waals surface area (Å²) in [5.41, 5.74) is 2.58. The van der Waals surface area contributed by atoms with Crippen LogP contribution in [0.3, 0.4) is 0 Å². The topological polar surface area (TPSA) is 78.6 Å². The molecule has 5 nitrogen and oxygen atoms in total. The van der Waals surface area contributed by atoms with Crippen molar-refractivity contribution in [2.24, 2.45) is 0 Å². The number of rotatable bonds is 5. The second kappa shape index (κ2) is 8.27. The first-order valence-corrected chi connectivity index (χ1v) is 10.4. The van der Waals surface area contributed by atoms with Crippen LogP contribution in [0.1, 0.15) is 19.0 Å². The van der Waals surface area contributed by atoms with Crippen molar-refractivity contribution < 1.29 is 0 Å². The van der Waals surface area contributed by atoms with E-state index < -0.39 is 0 Å². The van der Waals surface area contributed by atoms with Gasteiger partial charge in [-0.15, -0.1) is 0 Å². The molecule has 0 saturated heterocycles. The Bertz CT molecular complexity index is 1300. The summed E-state index contributed by atoms with van der Waals surface area (Å²) in [6, 6.07) is 16.6. The molecule has 0 radical (unpaired) electrons. The highest BCUT2D eigenvalue weighted by molar-refractivity contribution is 7.99. The SMILES string of the molecule is CCCc1cc(=O)[nH]c(Sc2c(-c3ccccc3)c3ccc(Cl)cc3[nH]c2=O)n1. The Labute approximate surface area is 176 Å². The zero-order chi connectivity index (χ0) is 20.4. The Morgan fingerprint density at radius 1 is 1.03 bits per heavy atom. The predicted octanol–water partition coefficient (Wildman–Crippen LogP) is 5.04. The Morgan fingerprint density at radius 3 is 2.59 bits per heavy atom. The number of hydrogen-bond donors (Lipinski definition) is 2. The molecule has 0 atom stereocenters. The van der Waals surface area contributed by atoms with Gasteiger partial charge in [-0.2, -0.15) is 0 Å². The molecule has 4 aromatic rings. The summed E-state index contributed by atoms with van der Waals surface area (Å²) in [6.07, 6.45) is 1.59. The van der Waals surface area contributed by atoms with Crippen LogP contribution < -0.4 is 11.1 Å². The van der Waals surface area contributed by atoms with E-state index in [0.717, 1.165) is 22.9 Å². The minimum Gasteiger partial charge on any atom is -0.321 e. The van der Waals surface area contributed by atoms with Gasteiger partial charge in [-0.3, -0.25) is 9.59 Å². The number of H-pyrrole nitrogens is 2. The molecule has 29 heavy (non-hydrogen) atoms. The van der Waals surface area contributed by atoms with Crippen molar-refractivity contribution in [1.29, 1.82) is 0 Å². The molecule has 2 N–H and O–H groups in total. The summed E-state index contributed by atoms with van der Waals surface area (Å²) >= 11 is 7.29. The van der Waals surface area contributed by atoms with Gasteiger partial charge in [0.2, 0.25) is 0 Å². The van der Waals surface area contributed by atoms with Gasteiger partial charge < -0.3 is 9.97 Å². The van der Waals surface area contributed by atoms with Gasteiger partial charge in [0.1, 0.15) is 0 Å². The van der Waals surface area contributed by atoms with Gasteiger partial charge in [0, 0.05) is 27.7 Å². The van der Waals surface area contributed by atoms with Crippen molar-refractivity contribution >= 4 is 34.3 Å². The molecule has 0 aliphatic carbocycles. The average molecular weight is 424 g/mol. The molecule has 4 rings (SSSR count). The van der Waals surface area contributed by atoms with Crippen LogP contribution in [-0.2, 0) is 6.42 Å². The third kappa shape index (κ3) is 4.13. The molecule has 146 valence electrons. The van der Waals surface area contributed by atoms with Gasteiger partial charge in [0.05, 0.1) is 10.4 Å². The van der Waals surface area contributed by atoms with E-state index in [2.05, 4.69) is 15.0 Å². The Kier molecular flexibility index (Phi) is 5.56. The Balaban J connectivity index is 1.95. The minimum absolute atomic E-state index is 0.226. The summed E-state index contributed by atoms with van der Waals surface area (Å²) < 4.78 is 0. The van der Waals surface area contributed by atoms with Gasteiger partial charge in [-0.05, 0) is 35.9 Å². The molecule has 0 fully saturated rings. The Morgan fingerprint density at radius 2 is 1.83 bits per heavy atom. The lowest BCUT2D eigenvalue weighted by atomic mass is 10.0. The lowest BCUT2D eigenvalue weighted by molar-refractivity contribution is 0.815. The fraction of sp³-hybridized carbons (Fsp3) is 0.136. The van der Waals surface area contributed by atoms with E-state index in [1.807, 2.05) is 43.3 Å². The maximum absolute atomic E-state index is 13.0. The van der Waals surface area contributed by atoms with E-state index in [0.29, 0.717) is 32.7 Å². The van der Waals surface area contributed by atoms with Crippen LogP contribution in [0, 0.1) is 0 Å². The van der Waals surface area contributed by atoms with Crippen molar-refractivity contribution in [2.75, 3.05) is 0 Å². The van der Waals surface area contributed by atoms with E-state index >= 15 is 0 Å². The van der Waals surface area contributed by atoms with Crippen molar-refractivity contribution in [3.8, 4) is 11.1 Å². The van der Waals surface area contributed by atoms with E-state index in [-0.39, 0.29) is 11.1 Å². The van der Waals surface area contributed by atoms with Gasteiger partial charge in [0.25, 0.3) is 11.1 Å². The zero-order valence-electron chi connectivity index (χ0n) is 15.7. The van der Waals surface area contributed by atoms with Crippen molar-refractivity contribution in [3.05, 3.63) is 86.0 Å². The fourth-order valence-corrected chi connectivity index (χ4v) is 4.41. The molecule has 0 aliphatic rings. The summed E-state index contributed by atoms with van der Waals surface area (Å²) in [5, 5.41) is 1.82. The van der Waals surface area contributed by atoms with E-state index in [9.17, 15) is 9.59 Å². The van der Waals surface area contributed by atoms with Gasteiger partial charge in [-0.25, -0.2) is 4.98 Å². The molecule has 7 heteroatoms.